The lowest BCUT2D eigenvalue weighted by atomic mass is 9.89. The molecule has 0 radical (unpaired) electrons. The van der Waals surface area contributed by atoms with E-state index >= 15 is 0 Å². The van der Waals surface area contributed by atoms with Crippen LogP contribution < -0.4 is 0 Å². The van der Waals surface area contributed by atoms with E-state index in [4.69, 9.17) is 9.47 Å². The lowest BCUT2D eigenvalue weighted by Gasteiger charge is -2.21. The number of methoxy groups -OCH3 is 2. The Morgan fingerprint density at radius 1 is 1.23 bits per heavy atom. The molecule has 0 saturated carbocycles. The van der Waals surface area contributed by atoms with Gasteiger partial charge in [-0.3, -0.25) is 0 Å². The van der Waals surface area contributed by atoms with E-state index in [0.29, 0.717) is 0 Å². The van der Waals surface area contributed by atoms with E-state index in [0.717, 1.165) is 19.6 Å². The van der Waals surface area contributed by atoms with Gasteiger partial charge in [-0.2, -0.15) is 0 Å². The van der Waals surface area contributed by atoms with Gasteiger partial charge >= 0.3 is 0 Å². The van der Waals surface area contributed by atoms with E-state index in [2.05, 4.69) is 26.8 Å². The molecule has 2 heteroatoms. The molecule has 0 rings (SSSR count). The van der Waals surface area contributed by atoms with Gasteiger partial charge in [0, 0.05) is 14.2 Å². The molecule has 13 heavy (non-hydrogen) atoms. The fraction of sp³-hybridized carbons (Fsp3) is 0.818. The predicted molar refractivity (Wildman–Crippen MR) is 55.9 cm³/mol. The summed E-state index contributed by atoms with van der Waals surface area (Å²) in [5.41, 5.74) is 1.51. The summed E-state index contributed by atoms with van der Waals surface area (Å²) >= 11 is 0. The molecular formula is C11H22O2. The van der Waals surface area contributed by atoms with Gasteiger partial charge < -0.3 is 9.47 Å². The van der Waals surface area contributed by atoms with E-state index in [1.54, 1.807) is 14.2 Å². The average Bonchev–Trinajstić information content (AvgIpc) is 2.02. The van der Waals surface area contributed by atoms with Gasteiger partial charge in [-0.1, -0.05) is 25.5 Å². The third kappa shape index (κ3) is 6.79. The topological polar surface area (TPSA) is 18.5 Å². The Bertz CT molecular complexity index is 159. The summed E-state index contributed by atoms with van der Waals surface area (Å²) in [6.45, 7) is 8.01. The third-order valence-electron chi connectivity index (χ3n) is 1.91. The molecule has 0 atom stereocenters. The van der Waals surface area contributed by atoms with E-state index in [-0.39, 0.29) is 5.41 Å². The summed E-state index contributed by atoms with van der Waals surface area (Å²) in [7, 11) is 3.46. The van der Waals surface area contributed by atoms with Crippen LogP contribution >= 0.6 is 0 Å². The van der Waals surface area contributed by atoms with E-state index in [1.807, 2.05) is 0 Å². The van der Waals surface area contributed by atoms with Crippen LogP contribution in [0.4, 0.5) is 0 Å². The molecule has 0 fully saturated rings. The number of allylic oxidation sites excluding steroid dienone is 1. The van der Waals surface area contributed by atoms with Gasteiger partial charge in [-0.15, -0.1) is 0 Å². The maximum atomic E-state index is 5.14. The molecule has 0 bridgehead atoms. The standard InChI is InChI=1S/C11H22O2/c1-10(8-12-4)6-7-11(2,3)9-13-5/h6H,7-9H2,1-5H3. The Balaban J connectivity index is 3.90. The zero-order chi connectivity index (χ0) is 10.3. The molecule has 0 unspecified atom stereocenters. The molecule has 0 aromatic carbocycles. The molecule has 0 spiro atoms. The maximum Gasteiger partial charge on any atom is 0.0670 e. The van der Waals surface area contributed by atoms with Gasteiger partial charge in [-0.25, -0.2) is 0 Å². The highest BCUT2D eigenvalue weighted by molar-refractivity contribution is 5.00. The fourth-order valence-corrected chi connectivity index (χ4v) is 1.19. The van der Waals surface area contributed by atoms with Crippen LogP contribution in [0, 0.1) is 5.41 Å². The first-order valence-corrected chi connectivity index (χ1v) is 4.65. The van der Waals surface area contributed by atoms with Crippen molar-refractivity contribution in [2.75, 3.05) is 27.4 Å². The van der Waals surface area contributed by atoms with Gasteiger partial charge in [0.15, 0.2) is 0 Å². The summed E-state index contributed by atoms with van der Waals surface area (Å²) in [6, 6.07) is 0. The molecule has 0 aromatic heterocycles. The van der Waals surface area contributed by atoms with Crippen LogP contribution in [0.2, 0.25) is 0 Å². The van der Waals surface area contributed by atoms with Crippen molar-refractivity contribution in [1.82, 2.24) is 0 Å². The number of ether oxygens (including phenoxy) is 2. The molecule has 2 nitrogen and oxygen atoms in total. The zero-order valence-electron chi connectivity index (χ0n) is 9.52. The Kier molecular flexibility index (Phi) is 6.00. The summed E-state index contributed by atoms with van der Waals surface area (Å²) in [5, 5.41) is 0. The predicted octanol–water partition coefficient (Wildman–Crippen LogP) is 2.64. The minimum absolute atomic E-state index is 0.226. The van der Waals surface area contributed by atoms with Gasteiger partial charge in [0.25, 0.3) is 0 Å². The first kappa shape index (κ1) is 12.7. The molecule has 0 aliphatic heterocycles. The molecular weight excluding hydrogens is 164 g/mol. The summed E-state index contributed by atoms with van der Waals surface area (Å²) in [4.78, 5) is 0. The summed E-state index contributed by atoms with van der Waals surface area (Å²) < 4.78 is 10.2. The zero-order valence-corrected chi connectivity index (χ0v) is 9.52. The first-order valence-electron chi connectivity index (χ1n) is 4.65. The molecule has 0 heterocycles. The second-order valence-electron chi connectivity index (χ2n) is 4.28. The Morgan fingerprint density at radius 2 is 1.85 bits per heavy atom. The van der Waals surface area contributed by atoms with Crippen molar-refractivity contribution in [1.29, 1.82) is 0 Å². The van der Waals surface area contributed by atoms with Gasteiger partial charge in [0.1, 0.15) is 0 Å². The number of hydrogen-bond donors (Lipinski definition) is 0. The van der Waals surface area contributed by atoms with Crippen molar-refractivity contribution in [3.05, 3.63) is 11.6 Å². The monoisotopic (exact) mass is 186 g/mol. The SMILES string of the molecule is COCC(C)=CCC(C)(C)COC. The Labute approximate surface area is 81.9 Å². The van der Waals surface area contributed by atoms with Crippen LogP contribution in [-0.4, -0.2) is 27.4 Å². The van der Waals surface area contributed by atoms with Crippen LogP contribution in [0.5, 0.6) is 0 Å². The molecule has 0 aliphatic rings. The van der Waals surface area contributed by atoms with Crippen LogP contribution in [0.15, 0.2) is 11.6 Å². The molecule has 0 amide bonds. The highest BCUT2D eigenvalue weighted by Gasteiger charge is 2.15. The molecule has 0 aromatic rings. The fourth-order valence-electron chi connectivity index (χ4n) is 1.19. The maximum absolute atomic E-state index is 5.14. The van der Waals surface area contributed by atoms with Crippen molar-refractivity contribution < 1.29 is 9.47 Å². The van der Waals surface area contributed by atoms with Gasteiger partial charge in [-0.05, 0) is 18.8 Å². The lowest BCUT2D eigenvalue weighted by Crippen LogP contribution is -2.17. The van der Waals surface area contributed by atoms with Crippen LogP contribution in [0.25, 0.3) is 0 Å². The second-order valence-corrected chi connectivity index (χ2v) is 4.28. The smallest absolute Gasteiger partial charge is 0.0670 e. The van der Waals surface area contributed by atoms with Crippen LogP contribution in [0.3, 0.4) is 0 Å². The van der Waals surface area contributed by atoms with Crippen LogP contribution in [-0.2, 0) is 9.47 Å². The molecule has 78 valence electrons. The highest BCUT2D eigenvalue weighted by Crippen LogP contribution is 2.21. The molecule has 0 aliphatic carbocycles. The largest absolute Gasteiger partial charge is 0.384 e. The van der Waals surface area contributed by atoms with Crippen molar-refractivity contribution >= 4 is 0 Å². The molecule has 0 N–H and O–H groups in total. The Morgan fingerprint density at radius 3 is 2.31 bits per heavy atom. The number of rotatable bonds is 6. The van der Waals surface area contributed by atoms with E-state index in [9.17, 15) is 0 Å². The quantitative estimate of drug-likeness (QED) is 0.594. The lowest BCUT2D eigenvalue weighted by molar-refractivity contribution is 0.106. The average molecular weight is 186 g/mol. The molecule has 0 saturated heterocycles. The first-order chi connectivity index (χ1) is 6.02. The second kappa shape index (κ2) is 6.17. The number of hydrogen-bond acceptors (Lipinski definition) is 2. The van der Waals surface area contributed by atoms with Gasteiger partial charge in [0.05, 0.1) is 13.2 Å². The van der Waals surface area contributed by atoms with Crippen molar-refractivity contribution in [2.45, 2.75) is 27.2 Å². The van der Waals surface area contributed by atoms with Crippen molar-refractivity contribution in [3.8, 4) is 0 Å². The minimum Gasteiger partial charge on any atom is -0.384 e. The summed E-state index contributed by atoms with van der Waals surface area (Å²) in [5.74, 6) is 0. The van der Waals surface area contributed by atoms with Gasteiger partial charge in [0.2, 0.25) is 0 Å². The third-order valence-corrected chi connectivity index (χ3v) is 1.91. The van der Waals surface area contributed by atoms with E-state index in [1.165, 1.54) is 5.57 Å². The van der Waals surface area contributed by atoms with E-state index < -0.39 is 0 Å². The highest BCUT2D eigenvalue weighted by atomic mass is 16.5. The van der Waals surface area contributed by atoms with Crippen LogP contribution in [0.1, 0.15) is 27.2 Å². The normalized spacial score (nSPS) is 13.5. The summed E-state index contributed by atoms with van der Waals surface area (Å²) in [6.07, 6.45) is 3.26. The Hall–Kier alpha value is -0.340. The minimum atomic E-state index is 0.226. The van der Waals surface area contributed by atoms with Crippen molar-refractivity contribution in [3.63, 3.8) is 0 Å². The van der Waals surface area contributed by atoms with Crippen molar-refractivity contribution in [2.24, 2.45) is 5.41 Å².